The molecule has 4 rings (SSSR count). The lowest BCUT2D eigenvalue weighted by Gasteiger charge is -2.61. The van der Waals surface area contributed by atoms with Gasteiger partial charge in [0.2, 0.25) is 5.91 Å². The van der Waals surface area contributed by atoms with Crippen LogP contribution in [0.4, 0.5) is 0 Å². The van der Waals surface area contributed by atoms with E-state index < -0.39 is 0 Å². The third-order valence-electron chi connectivity index (χ3n) is 5.89. The maximum atomic E-state index is 12.9. The molecular weight excluding hydrogens is 332 g/mol. The first-order valence-corrected chi connectivity index (χ1v) is 9.32. The van der Waals surface area contributed by atoms with Gasteiger partial charge in [0.05, 0.1) is 17.2 Å². The molecule has 2 amide bonds. The number of hydrogen-bond donors (Lipinski definition) is 1. The number of pyridine rings is 1. The Hall–Kier alpha value is -1.99. The van der Waals surface area contributed by atoms with Crippen LogP contribution in [-0.2, 0) is 4.79 Å². The van der Waals surface area contributed by atoms with E-state index in [4.69, 9.17) is 0 Å². The van der Waals surface area contributed by atoms with Crippen LogP contribution in [0.1, 0.15) is 30.6 Å². The van der Waals surface area contributed by atoms with Crippen LogP contribution >= 0.6 is 0 Å². The molecule has 3 aliphatic heterocycles. The van der Waals surface area contributed by atoms with Crippen molar-refractivity contribution < 1.29 is 14.7 Å². The van der Waals surface area contributed by atoms with Crippen molar-refractivity contribution in [1.82, 2.24) is 19.7 Å². The quantitative estimate of drug-likeness (QED) is 0.818. The molecule has 26 heavy (non-hydrogen) atoms. The van der Waals surface area contributed by atoms with Crippen LogP contribution < -0.4 is 0 Å². The molecule has 3 aliphatic rings. The molecule has 0 radical (unpaired) electrons. The second kappa shape index (κ2) is 6.32. The monoisotopic (exact) mass is 358 g/mol. The number of aliphatic hydroxyl groups is 1. The second-order valence-corrected chi connectivity index (χ2v) is 8.20. The van der Waals surface area contributed by atoms with E-state index >= 15 is 0 Å². The predicted octanol–water partition coefficient (Wildman–Crippen LogP) is 0.210. The summed E-state index contributed by atoms with van der Waals surface area (Å²) in [5.41, 5.74) is 0.354. The first kappa shape index (κ1) is 17.4. The van der Waals surface area contributed by atoms with E-state index in [1.165, 1.54) is 0 Å². The van der Waals surface area contributed by atoms with Crippen LogP contribution in [0.5, 0.6) is 0 Å². The van der Waals surface area contributed by atoms with Gasteiger partial charge in [0.1, 0.15) is 0 Å². The van der Waals surface area contributed by atoms with E-state index in [0.717, 1.165) is 0 Å². The number of hydrogen-bond acceptors (Lipinski definition) is 5. The maximum Gasteiger partial charge on any atom is 0.255 e. The van der Waals surface area contributed by atoms with Crippen molar-refractivity contribution in [2.75, 3.05) is 32.7 Å². The van der Waals surface area contributed by atoms with Crippen molar-refractivity contribution >= 4 is 11.8 Å². The average Bonchev–Trinajstić information content (AvgIpc) is 2.98. The number of fused-ring (bicyclic) bond motifs is 2. The van der Waals surface area contributed by atoms with Crippen LogP contribution in [0.15, 0.2) is 24.5 Å². The molecule has 140 valence electrons. The highest BCUT2D eigenvalue weighted by atomic mass is 16.3. The third kappa shape index (κ3) is 2.79. The highest BCUT2D eigenvalue weighted by Crippen LogP contribution is 2.39. The Labute approximate surface area is 153 Å². The average molecular weight is 358 g/mol. The molecule has 1 aromatic rings. The Morgan fingerprint density at radius 2 is 1.96 bits per heavy atom. The topological polar surface area (TPSA) is 77.0 Å². The molecule has 0 aliphatic carbocycles. The molecule has 0 aromatic carbocycles. The molecular formula is C19H26N4O3. The summed E-state index contributed by atoms with van der Waals surface area (Å²) in [4.78, 5) is 35.4. The fraction of sp³-hybridized carbons (Fsp3) is 0.632. The summed E-state index contributed by atoms with van der Waals surface area (Å²) in [5, 5.41) is 10.2. The van der Waals surface area contributed by atoms with Gasteiger partial charge in [-0.05, 0) is 18.6 Å². The zero-order valence-corrected chi connectivity index (χ0v) is 15.3. The number of rotatable bonds is 2. The molecule has 0 bridgehead atoms. The van der Waals surface area contributed by atoms with Crippen LogP contribution in [-0.4, -0.2) is 87.0 Å². The molecule has 4 heterocycles. The number of nitrogens with zero attached hydrogens (tertiary/aromatic N) is 4. The minimum atomic E-state index is -0.361. The smallest absolute Gasteiger partial charge is 0.255 e. The lowest BCUT2D eigenvalue weighted by atomic mass is 9.83. The molecule has 1 N–H and O–H groups in total. The second-order valence-electron chi connectivity index (χ2n) is 8.20. The van der Waals surface area contributed by atoms with Crippen molar-refractivity contribution in [3.63, 3.8) is 0 Å². The van der Waals surface area contributed by atoms with Gasteiger partial charge in [0, 0.05) is 57.1 Å². The number of piperazine rings is 1. The van der Waals surface area contributed by atoms with Crippen LogP contribution in [0.2, 0.25) is 0 Å². The molecule has 7 heteroatoms. The number of likely N-dealkylation sites (tertiary alicyclic amines) is 1. The minimum absolute atomic E-state index is 0.0212. The summed E-state index contributed by atoms with van der Waals surface area (Å²) in [6, 6.07) is 3.70. The molecule has 7 nitrogen and oxygen atoms in total. The number of carbonyl (C=O) groups excluding carboxylic acids is 2. The Morgan fingerprint density at radius 3 is 2.62 bits per heavy atom. The Kier molecular flexibility index (Phi) is 4.23. The molecule has 1 spiro atoms. The lowest BCUT2D eigenvalue weighted by molar-refractivity contribution is -0.157. The number of amides is 2. The van der Waals surface area contributed by atoms with Crippen molar-refractivity contribution in [3.05, 3.63) is 30.1 Å². The Balaban J connectivity index is 1.55. The standard InChI is InChI=1S/C19H26N4O3/c1-13(2)17(25)22-11-19(12-22)10-21(8-15-6-16(24)9-23(15)19)18(26)14-4-3-5-20-7-14/h3-5,7,13,15-16,24H,6,8-12H2,1-2H3/t15-,16-/m1/s1. The van der Waals surface area contributed by atoms with Gasteiger partial charge in [-0.15, -0.1) is 0 Å². The van der Waals surface area contributed by atoms with Crippen molar-refractivity contribution in [2.45, 2.75) is 38.0 Å². The highest BCUT2D eigenvalue weighted by molar-refractivity contribution is 5.94. The van der Waals surface area contributed by atoms with E-state index in [2.05, 4.69) is 9.88 Å². The SMILES string of the molecule is CC(C)C(=O)N1CC2(CN(C(=O)c3cccnc3)C[C@H]3C[C@@H](O)CN32)C1. The number of aromatic nitrogens is 1. The molecule has 0 unspecified atom stereocenters. The van der Waals surface area contributed by atoms with Gasteiger partial charge in [-0.25, -0.2) is 0 Å². The van der Waals surface area contributed by atoms with E-state index in [0.29, 0.717) is 44.7 Å². The van der Waals surface area contributed by atoms with Crippen molar-refractivity contribution in [3.8, 4) is 0 Å². The van der Waals surface area contributed by atoms with Crippen LogP contribution in [0.3, 0.4) is 0 Å². The number of aliphatic hydroxyl groups excluding tert-OH is 1. The van der Waals surface area contributed by atoms with Gasteiger partial charge in [0.25, 0.3) is 5.91 Å². The van der Waals surface area contributed by atoms with Gasteiger partial charge < -0.3 is 14.9 Å². The summed E-state index contributed by atoms with van der Waals surface area (Å²) >= 11 is 0. The predicted molar refractivity (Wildman–Crippen MR) is 95.4 cm³/mol. The fourth-order valence-electron chi connectivity index (χ4n) is 4.70. The summed E-state index contributed by atoms with van der Waals surface area (Å²) < 4.78 is 0. The van der Waals surface area contributed by atoms with Gasteiger partial charge >= 0.3 is 0 Å². The highest BCUT2D eigenvalue weighted by Gasteiger charge is 2.57. The zero-order chi connectivity index (χ0) is 18.5. The first-order valence-electron chi connectivity index (χ1n) is 9.32. The molecule has 0 saturated carbocycles. The van der Waals surface area contributed by atoms with Crippen molar-refractivity contribution in [1.29, 1.82) is 0 Å². The number of carbonyl (C=O) groups is 2. The largest absolute Gasteiger partial charge is 0.392 e. The van der Waals surface area contributed by atoms with E-state index in [1.54, 1.807) is 24.5 Å². The van der Waals surface area contributed by atoms with Crippen molar-refractivity contribution in [2.24, 2.45) is 5.92 Å². The first-order chi connectivity index (χ1) is 12.4. The third-order valence-corrected chi connectivity index (χ3v) is 5.89. The molecule has 1 aromatic heterocycles. The van der Waals surface area contributed by atoms with E-state index in [1.807, 2.05) is 23.6 Å². The maximum absolute atomic E-state index is 12.9. The fourth-order valence-corrected chi connectivity index (χ4v) is 4.70. The van der Waals surface area contributed by atoms with Crippen LogP contribution in [0, 0.1) is 5.92 Å². The molecule has 2 atom stereocenters. The zero-order valence-electron chi connectivity index (χ0n) is 15.3. The van der Waals surface area contributed by atoms with E-state index in [-0.39, 0.29) is 35.4 Å². The molecule has 3 fully saturated rings. The number of β-amino-alcohol motifs (C(OH)–C–C–N with tert-alkyl or cyclic N) is 1. The summed E-state index contributed by atoms with van der Waals surface area (Å²) in [7, 11) is 0. The van der Waals surface area contributed by atoms with Gasteiger partial charge in [0.15, 0.2) is 0 Å². The Bertz CT molecular complexity index is 702. The van der Waals surface area contributed by atoms with Gasteiger partial charge in [-0.2, -0.15) is 0 Å². The summed E-state index contributed by atoms with van der Waals surface area (Å²) in [6.07, 6.45) is 3.57. The van der Waals surface area contributed by atoms with Crippen LogP contribution in [0.25, 0.3) is 0 Å². The van der Waals surface area contributed by atoms with Gasteiger partial charge in [-0.3, -0.25) is 19.5 Å². The molecule has 3 saturated heterocycles. The summed E-state index contributed by atoms with van der Waals surface area (Å²) in [6.45, 7) is 6.91. The normalized spacial score (nSPS) is 27.5. The Morgan fingerprint density at radius 1 is 1.23 bits per heavy atom. The van der Waals surface area contributed by atoms with Gasteiger partial charge in [-0.1, -0.05) is 13.8 Å². The summed E-state index contributed by atoms with van der Waals surface area (Å²) in [5.74, 6) is 0.110. The minimum Gasteiger partial charge on any atom is -0.392 e. The lowest BCUT2D eigenvalue weighted by Crippen LogP contribution is -2.79. The van der Waals surface area contributed by atoms with E-state index in [9.17, 15) is 14.7 Å².